The van der Waals surface area contributed by atoms with Crippen LogP contribution in [-0.4, -0.2) is 8.07 Å². The van der Waals surface area contributed by atoms with Crippen molar-refractivity contribution in [1.29, 1.82) is 0 Å². The van der Waals surface area contributed by atoms with E-state index in [1.54, 1.807) is 0 Å². The van der Waals surface area contributed by atoms with Crippen LogP contribution in [0.5, 0.6) is 0 Å². The van der Waals surface area contributed by atoms with E-state index in [2.05, 4.69) is 52.2 Å². The van der Waals surface area contributed by atoms with Gasteiger partial charge in [0.1, 0.15) is 0 Å². The second-order valence-electron chi connectivity index (χ2n) is 9.65. The molecule has 29 heavy (non-hydrogen) atoms. The van der Waals surface area contributed by atoms with Gasteiger partial charge in [0.05, 0.1) is 0 Å². The van der Waals surface area contributed by atoms with E-state index >= 15 is 0 Å². The molecule has 0 N–H and O–H groups in total. The van der Waals surface area contributed by atoms with Crippen molar-refractivity contribution in [3.63, 3.8) is 0 Å². The van der Waals surface area contributed by atoms with E-state index in [4.69, 9.17) is 0 Å². The molecule has 0 aromatic heterocycles. The first-order valence-electron chi connectivity index (χ1n) is 12.7. The zero-order valence-electron chi connectivity index (χ0n) is 21.0. The number of hydrogen-bond acceptors (Lipinski definition) is 0. The Morgan fingerprint density at radius 3 is 1.38 bits per heavy atom. The van der Waals surface area contributed by atoms with Crippen molar-refractivity contribution in [2.24, 2.45) is 0 Å². The predicted octanol–water partition coefficient (Wildman–Crippen LogP) is 10.0. The fourth-order valence-electron chi connectivity index (χ4n) is 3.73. The van der Waals surface area contributed by atoms with Gasteiger partial charge in [-0.05, 0) is 8.07 Å². The molecule has 0 bridgehead atoms. The van der Waals surface area contributed by atoms with Gasteiger partial charge >= 0.3 is 26.2 Å². The first-order chi connectivity index (χ1) is 13.4. The molecule has 0 heterocycles. The maximum Gasteiger partial charge on any atom is 4.00 e. The van der Waals surface area contributed by atoms with Gasteiger partial charge in [0.15, 0.2) is 0 Å². The second kappa shape index (κ2) is 21.8. The Balaban J connectivity index is 0. The summed E-state index contributed by atoms with van der Waals surface area (Å²) in [7, 11) is -1.25. The van der Waals surface area contributed by atoms with Crippen molar-refractivity contribution < 1.29 is 26.2 Å². The average molecular weight is 496 g/mol. The zero-order valence-corrected chi connectivity index (χ0v) is 24.5. The monoisotopic (exact) mass is 494 g/mol. The van der Waals surface area contributed by atoms with Crippen LogP contribution in [0.15, 0.2) is 11.1 Å². The second-order valence-corrected chi connectivity index (χ2v) is 14.4. The largest absolute Gasteiger partial charge is 4.00 e. The van der Waals surface area contributed by atoms with Crippen LogP contribution in [-0.2, 0) is 26.2 Å². The number of hydrogen-bond donors (Lipinski definition) is 0. The third-order valence-corrected chi connectivity index (χ3v) is 6.31. The van der Waals surface area contributed by atoms with Crippen molar-refractivity contribution in [2.75, 3.05) is 0 Å². The minimum absolute atomic E-state index is 0. The van der Waals surface area contributed by atoms with Crippen molar-refractivity contribution >= 4 is 8.07 Å². The maximum atomic E-state index is 3.84. The fraction of sp³-hybridized carbons (Fsp3) is 0.852. The van der Waals surface area contributed by atoms with E-state index in [0.717, 1.165) is 6.42 Å². The van der Waals surface area contributed by atoms with E-state index in [0.29, 0.717) is 0 Å². The molecule has 2 saturated carbocycles. The van der Waals surface area contributed by atoms with Gasteiger partial charge in [-0.1, -0.05) is 130 Å². The molecule has 0 unspecified atom stereocenters. The van der Waals surface area contributed by atoms with Crippen LogP contribution >= 0.6 is 0 Å². The van der Waals surface area contributed by atoms with Crippen LogP contribution < -0.4 is 0 Å². The molecule has 2 aliphatic carbocycles. The molecular formula is C27H52SiZr+2. The Hall–Kier alpha value is 0.580. The first-order valence-corrected chi connectivity index (χ1v) is 16.2. The van der Waals surface area contributed by atoms with Crippen LogP contribution in [0.4, 0.5) is 0 Å². The average Bonchev–Trinajstić information content (AvgIpc) is 3.39. The van der Waals surface area contributed by atoms with Gasteiger partial charge < -0.3 is 22.9 Å². The summed E-state index contributed by atoms with van der Waals surface area (Å²) in [4.78, 5) is 0. The zero-order chi connectivity index (χ0) is 21.1. The Kier molecular flexibility index (Phi) is 23.9. The topological polar surface area (TPSA) is 0 Å². The van der Waals surface area contributed by atoms with E-state index < -0.39 is 8.07 Å². The summed E-state index contributed by atoms with van der Waals surface area (Å²) >= 11 is 0. The van der Waals surface area contributed by atoms with Crippen molar-refractivity contribution in [2.45, 2.75) is 150 Å². The maximum absolute atomic E-state index is 3.84. The predicted molar refractivity (Wildman–Crippen MR) is 132 cm³/mol. The van der Waals surface area contributed by atoms with Crippen LogP contribution in [0.25, 0.3) is 0 Å². The first kappa shape index (κ1) is 31.8. The van der Waals surface area contributed by atoms with Crippen LogP contribution in [0, 0.1) is 11.8 Å². The molecule has 2 aliphatic rings. The van der Waals surface area contributed by atoms with E-state index in [1.807, 2.05) is 0 Å². The third kappa shape index (κ3) is 21.6. The molecule has 2 fully saturated rings. The molecule has 2 heteroatoms. The van der Waals surface area contributed by atoms with Gasteiger partial charge in [-0.2, -0.15) is 0 Å². The van der Waals surface area contributed by atoms with Gasteiger partial charge in [0, 0.05) is 0 Å². The van der Waals surface area contributed by atoms with Crippen molar-refractivity contribution in [3.8, 4) is 0 Å². The molecule has 166 valence electrons. The van der Waals surface area contributed by atoms with Crippen LogP contribution in [0.2, 0.25) is 19.6 Å². The number of allylic oxidation sites excluding steroid dienone is 3. The Morgan fingerprint density at radius 1 is 0.621 bits per heavy atom. The van der Waals surface area contributed by atoms with Gasteiger partial charge in [-0.3, -0.25) is 0 Å². The summed E-state index contributed by atoms with van der Waals surface area (Å²) in [6.45, 7) is 13.9. The third-order valence-electron chi connectivity index (χ3n) is 5.26. The summed E-state index contributed by atoms with van der Waals surface area (Å²) < 4.78 is 0. The quantitative estimate of drug-likeness (QED) is 0.169. The minimum Gasteiger partial charge on any atom is -0.377 e. The molecule has 0 aliphatic heterocycles. The molecule has 0 spiro atoms. The minimum atomic E-state index is -1.25. The van der Waals surface area contributed by atoms with E-state index in [-0.39, 0.29) is 26.2 Å². The normalized spacial score (nSPS) is 17.0. The molecule has 0 atom stereocenters. The molecular weight excluding hydrogens is 444 g/mol. The van der Waals surface area contributed by atoms with E-state index in [1.165, 1.54) is 114 Å². The Bertz CT molecular complexity index is 370. The van der Waals surface area contributed by atoms with Crippen molar-refractivity contribution in [1.82, 2.24) is 0 Å². The summed E-state index contributed by atoms with van der Waals surface area (Å²) in [5.74, 6) is 0. The van der Waals surface area contributed by atoms with Crippen LogP contribution in [0.1, 0.15) is 130 Å². The SMILES string of the molecule is C1CCCC1.C1CCCC1.CCC[C-]=C(CCC)C(=[C-][Si](C)(C)C)CCCC.[Zr+4]. The van der Waals surface area contributed by atoms with Gasteiger partial charge in [-0.25, -0.2) is 0 Å². The Morgan fingerprint density at radius 2 is 1.07 bits per heavy atom. The van der Waals surface area contributed by atoms with Gasteiger partial charge in [0.25, 0.3) is 0 Å². The fourth-order valence-corrected chi connectivity index (χ4v) is 4.92. The molecule has 0 radical (unpaired) electrons. The van der Waals surface area contributed by atoms with Crippen molar-refractivity contribution in [3.05, 3.63) is 22.9 Å². The molecule has 0 amide bonds. The molecule has 0 saturated heterocycles. The molecule has 0 aromatic carbocycles. The van der Waals surface area contributed by atoms with Gasteiger partial charge in [-0.15, -0.1) is 19.3 Å². The number of rotatable bonds is 9. The molecule has 0 aromatic rings. The summed E-state index contributed by atoms with van der Waals surface area (Å²) in [5, 5.41) is 0. The number of unbranched alkanes of at least 4 members (excludes halogenated alkanes) is 2. The smallest absolute Gasteiger partial charge is 0.377 e. The van der Waals surface area contributed by atoms with E-state index in [9.17, 15) is 0 Å². The standard InChI is InChI=1S/C17H32Si.2C5H10.Zr/c1-7-10-13-16(12-9-3)17(14-11-8-2)15-18(4,5)6;2*1-2-4-5-3-1;/h7-12,14H2,1-6H3;2*1-5H2;/q-2;;;+4. The van der Waals surface area contributed by atoms with Crippen LogP contribution in [0.3, 0.4) is 0 Å². The van der Waals surface area contributed by atoms with Gasteiger partial charge in [0.2, 0.25) is 0 Å². The summed E-state index contributed by atoms with van der Waals surface area (Å²) in [6, 6.07) is 0. The molecule has 2 rings (SSSR count). The Labute approximate surface area is 205 Å². The summed E-state index contributed by atoms with van der Waals surface area (Å²) in [6.07, 6.45) is 27.1. The summed E-state index contributed by atoms with van der Waals surface area (Å²) in [5.41, 5.74) is 6.80. The molecule has 0 nitrogen and oxygen atoms in total.